The molecule has 90 valence electrons. The SMILES string of the molecule is C[C@H](O)c1ccc(Oc2cnn(C)c2)c(F)c1. The zero-order valence-corrected chi connectivity index (χ0v) is 9.59. The van der Waals surface area contributed by atoms with Gasteiger partial charge in [0.15, 0.2) is 17.3 Å². The predicted octanol–water partition coefficient (Wildman–Crippen LogP) is 2.40. The molecule has 1 heterocycles. The van der Waals surface area contributed by atoms with Crippen LogP contribution in [0.25, 0.3) is 0 Å². The first-order valence-electron chi connectivity index (χ1n) is 5.20. The number of hydrogen-bond acceptors (Lipinski definition) is 3. The van der Waals surface area contributed by atoms with Crippen LogP contribution in [-0.4, -0.2) is 14.9 Å². The first-order valence-corrected chi connectivity index (χ1v) is 5.20. The first-order chi connectivity index (χ1) is 8.06. The van der Waals surface area contributed by atoms with Crippen molar-refractivity contribution in [2.45, 2.75) is 13.0 Å². The van der Waals surface area contributed by atoms with Crippen molar-refractivity contribution in [3.63, 3.8) is 0 Å². The van der Waals surface area contributed by atoms with Gasteiger partial charge in [-0.25, -0.2) is 4.39 Å². The second-order valence-electron chi connectivity index (χ2n) is 3.82. The number of benzene rings is 1. The summed E-state index contributed by atoms with van der Waals surface area (Å²) in [6.07, 6.45) is 2.45. The highest BCUT2D eigenvalue weighted by Crippen LogP contribution is 2.26. The van der Waals surface area contributed by atoms with E-state index in [0.717, 1.165) is 0 Å². The lowest BCUT2D eigenvalue weighted by Crippen LogP contribution is -1.94. The zero-order valence-electron chi connectivity index (χ0n) is 9.59. The third-order valence-corrected chi connectivity index (χ3v) is 2.35. The molecule has 17 heavy (non-hydrogen) atoms. The van der Waals surface area contributed by atoms with Crippen molar-refractivity contribution >= 4 is 0 Å². The van der Waals surface area contributed by atoms with E-state index in [4.69, 9.17) is 4.74 Å². The van der Waals surface area contributed by atoms with E-state index in [-0.39, 0.29) is 5.75 Å². The van der Waals surface area contributed by atoms with E-state index in [1.54, 1.807) is 30.9 Å². The molecule has 0 saturated heterocycles. The van der Waals surface area contributed by atoms with Crippen LogP contribution >= 0.6 is 0 Å². The fourth-order valence-electron chi connectivity index (χ4n) is 1.44. The van der Waals surface area contributed by atoms with Crippen molar-refractivity contribution in [2.24, 2.45) is 7.05 Å². The molecule has 0 aliphatic heterocycles. The summed E-state index contributed by atoms with van der Waals surface area (Å²) in [4.78, 5) is 0. The summed E-state index contributed by atoms with van der Waals surface area (Å²) in [6, 6.07) is 4.38. The number of aliphatic hydroxyl groups is 1. The highest BCUT2D eigenvalue weighted by atomic mass is 19.1. The van der Waals surface area contributed by atoms with Crippen molar-refractivity contribution in [2.75, 3.05) is 0 Å². The summed E-state index contributed by atoms with van der Waals surface area (Å²) in [5, 5.41) is 13.2. The van der Waals surface area contributed by atoms with Gasteiger partial charge in [0.2, 0.25) is 0 Å². The molecule has 0 fully saturated rings. The summed E-state index contributed by atoms with van der Waals surface area (Å²) >= 11 is 0. The molecule has 0 aliphatic carbocycles. The molecule has 1 aromatic carbocycles. The molecular formula is C12H13FN2O2. The van der Waals surface area contributed by atoms with Gasteiger partial charge >= 0.3 is 0 Å². The quantitative estimate of drug-likeness (QED) is 0.890. The van der Waals surface area contributed by atoms with Gasteiger partial charge < -0.3 is 9.84 Å². The average molecular weight is 236 g/mol. The van der Waals surface area contributed by atoms with E-state index >= 15 is 0 Å². The minimum Gasteiger partial charge on any atom is -0.451 e. The summed E-state index contributed by atoms with van der Waals surface area (Å²) in [7, 11) is 1.75. The normalized spacial score (nSPS) is 12.5. The Morgan fingerprint density at radius 1 is 1.47 bits per heavy atom. The smallest absolute Gasteiger partial charge is 0.166 e. The van der Waals surface area contributed by atoms with Gasteiger partial charge in [-0.2, -0.15) is 5.10 Å². The summed E-state index contributed by atoms with van der Waals surface area (Å²) in [6.45, 7) is 1.58. The molecule has 2 aromatic rings. The van der Waals surface area contributed by atoms with Crippen LogP contribution in [-0.2, 0) is 7.05 Å². The summed E-state index contributed by atoms with van der Waals surface area (Å²) in [5.41, 5.74) is 0.515. The number of halogens is 1. The Morgan fingerprint density at radius 3 is 2.76 bits per heavy atom. The Hall–Kier alpha value is -1.88. The standard InChI is InChI=1S/C12H13FN2O2/c1-8(16)9-3-4-12(11(13)5-9)17-10-6-14-15(2)7-10/h3-8,16H,1-2H3/t8-/m0/s1. The molecule has 0 amide bonds. The molecule has 0 radical (unpaired) electrons. The lowest BCUT2D eigenvalue weighted by molar-refractivity contribution is 0.198. The van der Waals surface area contributed by atoms with Crippen molar-refractivity contribution < 1.29 is 14.2 Å². The fraction of sp³-hybridized carbons (Fsp3) is 0.250. The molecule has 0 aliphatic rings. The van der Waals surface area contributed by atoms with Crippen molar-refractivity contribution in [1.82, 2.24) is 9.78 Å². The van der Waals surface area contributed by atoms with Crippen LogP contribution < -0.4 is 4.74 Å². The van der Waals surface area contributed by atoms with Crippen molar-refractivity contribution in [3.8, 4) is 11.5 Å². The molecule has 1 N–H and O–H groups in total. The van der Waals surface area contributed by atoms with E-state index in [1.165, 1.54) is 18.3 Å². The van der Waals surface area contributed by atoms with Gasteiger partial charge in [-0.15, -0.1) is 0 Å². The van der Waals surface area contributed by atoms with Gasteiger partial charge in [0, 0.05) is 7.05 Å². The van der Waals surface area contributed by atoms with Gasteiger partial charge in [0.1, 0.15) is 0 Å². The van der Waals surface area contributed by atoms with E-state index in [1.807, 2.05) is 0 Å². The third kappa shape index (κ3) is 2.62. The van der Waals surface area contributed by atoms with E-state index in [0.29, 0.717) is 11.3 Å². The maximum atomic E-state index is 13.6. The number of aryl methyl sites for hydroxylation is 1. The molecule has 5 heteroatoms. The maximum Gasteiger partial charge on any atom is 0.166 e. The van der Waals surface area contributed by atoms with Crippen molar-refractivity contribution in [3.05, 3.63) is 42.0 Å². The largest absolute Gasteiger partial charge is 0.451 e. The van der Waals surface area contributed by atoms with Crippen LogP contribution in [0.15, 0.2) is 30.6 Å². The number of aliphatic hydroxyl groups excluding tert-OH is 1. The molecular weight excluding hydrogens is 223 g/mol. The molecule has 1 aromatic heterocycles. The van der Waals surface area contributed by atoms with Gasteiger partial charge in [-0.05, 0) is 24.6 Å². The molecule has 1 atom stereocenters. The molecule has 0 unspecified atom stereocenters. The van der Waals surface area contributed by atoms with E-state index < -0.39 is 11.9 Å². The molecule has 4 nitrogen and oxygen atoms in total. The lowest BCUT2D eigenvalue weighted by Gasteiger charge is -2.08. The van der Waals surface area contributed by atoms with Crippen LogP contribution in [0.2, 0.25) is 0 Å². The maximum absolute atomic E-state index is 13.6. The van der Waals surface area contributed by atoms with Crippen LogP contribution in [0.4, 0.5) is 4.39 Å². The van der Waals surface area contributed by atoms with Crippen LogP contribution in [0.3, 0.4) is 0 Å². The number of nitrogens with zero attached hydrogens (tertiary/aromatic N) is 2. The number of rotatable bonds is 3. The van der Waals surface area contributed by atoms with Gasteiger partial charge in [0.25, 0.3) is 0 Å². The highest BCUT2D eigenvalue weighted by molar-refractivity contribution is 5.33. The Morgan fingerprint density at radius 2 is 2.24 bits per heavy atom. The molecule has 0 spiro atoms. The molecule has 0 bridgehead atoms. The lowest BCUT2D eigenvalue weighted by atomic mass is 10.1. The summed E-state index contributed by atoms with van der Waals surface area (Å²) < 4.78 is 20.5. The second-order valence-corrected chi connectivity index (χ2v) is 3.82. The minimum absolute atomic E-state index is 0.113. The Labute approximate surface area is 98.3 Å². The van der Waals surface area contributed by atoms with Crippen LogP contribution in [0.1, 0.15) is 18.6 Å². The predicted molar refractivity (Wildman–Crippen MR) is 60.3 cm³/mol. The first kappa shape index (κ1) is 11.6. The van der Waals surface area contributed by atoms with E-state index in [2.05, 4.69) is 5.10 Å². The Balaban J connectivity index is 2.22. The second kappa shape index (κ2) is 4.55. The molecule has 0 saturated carbocycles. The highest BCUT2D eigenvalue weighted by Gasteiger charge is 2.09. The monoisotopic (exact) mass is 236 g/mol. The minimum atomic E-state index is -0.697. The number of aromatic nitrogens is 2. The Kier molecular flexibility index (Phi) is 3.10. The van der Waals surface area contributed by atoms with Gasteiger partial charge in [-0.3, -0.25) is 4.68 Å². The van der Waals surface area contributed by atoms with E-state index in [9.17, 15) is 9.50 Å². The number of ether oxygens (including phenoxy) is 1. The summed E-state index contributed by atoms with van der Waals surface area (Å²) in [5.74, 6) is 0.0749. The van der Waals surface area contributed by atoms with Gasteiger partial charge in [0.05, 0.1) is 18.5 Å². The third-order valence-electron chi connectivity index (χ3n) is 2.35. The number of hydrogen-bond donors (Lipinski definition) is 1. The fourth-order valence-corrected chi connectivity index (χ4v) is 1.44. The Bertz CT molecular complexity index is 523. The van der Waals surface area contributed by atoms with Crippen LogP contribution in [0, 0.1) is 5.82 Å². The average Bonchev–Trinajstić information content (AvgIpc) is 2.67. The van der Waals surface area contributed by atoms with Crippen LogP contribution in [0.5, 0.6) is 11.5 Å². The topological polar surface area (TPSA) is 47.3 Å². The van der Waals surface area contributed by atoms with Crippen molar-refractivity contribution in [1.29, 1.82) is 0 Å². The molecule has 2 rings (SSSR count). The zero-order chi connectivity index (χ0) is 12.4. The van der Waals surface area contributed by atoms with Gasteiger partial charge in [-0.1, -0.05) is 6.07 Å².